The summed E-state index contributed by atoms with van der Waals surface area (Å²) < 4.78 is 12.0. The topological polar surface area (TPSA) is 31.5 Å². The number of nitrogens with zero attached hydrogens (tertiary/aromatic N) is 3. The molecule has 1 aliphatic rings. The Morgan fingerprint density at radius 3 is 1.80 bits per heavy atom. The van der Waals surface area contributed by atoms with Gasteiger partial charge in [0, 0.05) is 27.9 Å². The van der Waals surface area contributed by atoms with E-state index in [1.54, 1.807) is 0 Å². The van der Waals surface area contributed by atoms with Crippen molar-refractivity contribution in [2.75, 3.05) is 0 Å². The summed E-state index contributed by atoms with van der Waals surface area (Å²) >= 11 is 0. The van der Waals surface area contributed by atoms with Crippen molar-refractivity contribution in [1.82, 2.24) is 14.0 Å². The lowest BCUT2D eigenvalue weighted by Crippen LogP contribution is -2.75. The number of rotatable bonds is 7. The molecule has 0 fully saturated rings. The van der Waals surface area contributed by atoms with Gasteiger partial charge in [-0.1, -0.05) is 160 Å². The lowest BCUT2D eigenvalue weighted by molar-refractivity contribution is 0.454. The molecule has 0 bridgehead atoms. The number of aromatic nitrogens is 3. The highest BCUT2D eigenvalue weighted by Gasteiger charge is 2.51. The quantitative estimate of drug-likeness (QED) is 0.121. The van der Waals surface area contributed by atoms with Gasteiger partial charge in [-0.3, -0.25) is 8.97 Å². The van der Waals surface area contributed by atoms with Crippen LogP contribution in [0.25, 0.3) is 33.5 Å². The molecule has 7 heteroatoms. The molecule has 9 aromatic rings. The Labute approximate surface area is 326 Å². The summed E-state index contributed by atoms with van der Waals surface area (Å²) in [6.45, 7) is 10.2. The van der Waals surface area contributed by atoms with E-state index in [0.29, 0.717) is 0 Å². The van der Waals surface area contributed by atoms with E-state index in [2.05, 4.69) is 211 Å². The molecule has 0 saturated carbocycles. The van der Waals surface area contributed by atoms with E-state index in [1.807, 2.05) is 0 Å². The second-order valence-electron chi connectivity index (χ2n) is 15.6. The number of ether oxygens (including phenoxy) is 1. The molecule has 0 unspecified atom stereocenters. The van der Waals surface area contributed by atoms with Crippen LogP contribution in [0.3, 0.4) is 0 Å². The van der Waals surface area contributed by atoms with E-state index in [9.17, 15) is 0 Å². The number of hydrogen-bond donors (Lipinski definition) is 0. The molecule has 0 radical (unpaired) electrons. The van der Waals surface area contributed by atoms with Crippen molar-refractivity contribution in [3.8, 4) is 17.2 Å². The predicted octanol–water partition coefficient (Wildman–Crippen LogP) is 8.25. The van der Waals surface area contributed by atoms with E-state index < -0.39 is 25.7 Å². The first-order valence-corrected chi connectivity index (χ1v) is 27.2. The molecule has 268 valence electrons. The highest BCUT2D eigenvalue weighted by Crippen LogP contribution is 2.50. The minimum atomic E-state index is -3.08. The van der Waals surface area contributed by atoms with E-state index in [-0.39, 0.29) is 4.66 Å². The van der Waals surface area contributed by atoms with E-state index in [4.69, 9.17) is 9.72 Å². The van der Waals surface area contributed by atoms with E-state index >= 15 is 0 Å². The summed E-state index contributed by atoms with van der Waals surface area (Å²) in [7, 11) is -5.75. The Morgan fingerprint density at radius 1 is 0.527 bits per heavy atom. The van der Waals surface area contributed by atoms with Gasteiger partial charge >= 0.3 is 0 Å². The lowest BCUT2D eigenvalue weighted by atomic mass is 9.98. The molecule has 0 N–H and O–H groups in total. The van der Waals surface area contributed by atoms with Gasteiger partial charge in [-0.2, -0.15) is 0 Å². The van der Waals surface area contributed by atoms with Crippen LogP contribution in [0.1, 0.15) is 11.1 Å². The van der Waals surface area contributed by atoms with Crippen LogP contribution in [0, 0.1) is 0 Å². The second-order valence-corrected chi connectivity index (χ2v) is 26.4. The zero-order valence-electron chi connectivity index (χ0n) is 31.6. The molecule has 0 atom stereocenters. The fourth-order valence-corrected chi connectivity index (χ4v) is 23.8. The maximum absolute atomic E-state index is 7.35. The van der Waals surface area contributed by atoms with Crippen LogP contribution < -0.4 is 25.5 Å². The Hall–Kier alpha value is -5.74. The largest absolute Gasteiger partial charge is 0.457 e. The van der Waals surface area contributed by atoms with Gasteiger partial charge < -0.3 is 4.74 Å². The van der Waals surface area contributed by atoms with Crippen LogP contribution in [-0.2, 0) is 4.66 Å². The average Bonchev–Trinajstić information content (AvgIpc) is 3.76. The van der Waals surface area contributed by atoms with Gasteiger partial charge in [0.05, 0.1) is 22.1 Å². The molecule has 0 aliphatic carbocycles. The third kappa shape index (κ3) is 4.76. The second kappa shape index (κ2) is 12.9. The first-order valence-electron chi connectivity index (χ1n) is 19.5. The first kappa shape index (κ1) is 33.8. The molecule has 55 heavy (non-hydrogen) atoms. The summed E-state index contributed by atoms with van der Waals surface area (Å²) in [5, 5.41) is 5.27. The van der Waals surface area contributed by atoms with Crippen LogP contribution in [0.5, 0.6) is 11.5 Å². The monoisotopic (exact) mass is 761 g/mol. The summed E-state index contributed by atoms with van der Waals surface area (Å²) in [4.78, 5) is 5.25. The lowest BCUT2D eigenvalue weighted by Gasteiger charge is -2.47. The average molecular weight is 762 g/mol. The predicted molar refractivity (Wildman–Crippen MR) is 238 cm³/mol. The van der Waals surface area contributed by atoms with Crippen LogP contribution in [0.15, 0.2) is 176 Å². The maximum atomic E-state index is 7.35. The van der Waals surface area contributed by atoms with Crippen molar-refractivity contribution in [3.63, 3.8) is 0 Å². The summed E-state index contributed by atoms with van der Waals surface area (Å²) in [6.07, 6.45) is 0. The number of para-hydroxylation sites is 6. The number of fused-ring (bicyclic) bond motifs is 7. The molecule has 0 spiro atoms. The minimum Gasteiger partial charge on any atom is -0.457 e. The van der Waals surface area contributed by atoms with Gasteiger partial charge in [0.1, 0.15) is 11.5 Å². The van der Waals surface area contributed by atoms with Crippen molar-refractivity contribution < 1.29 is 4.74 Å². The zero-order chi connectivity index (χ0) is 37.3. The Bertz CT molecular complexity index is 2830. The number of benzene rings is 7. The third-order valence-electron chi connectivity index (χ3n) is 12.3. The van der Waals surface area contributed by atoms with Crippen molar-refractivity contribution in [1.29, 1.82) is 0 Å². The molecular weight excluding hydrogens is 719 g/mol. The molecule has 4 nitrogen and oxygen atoms in total. The molecule has 0 amide bonds. The van der Waals surface area contributed by atoms with Crippen LogP contribution in [0.4, 0.5) is 0 Å². The Morgan fingerprint density at radius 2 is 1.09 bits per heavy atom. The Balaban J connectivity index is 1.32. The highest BCUT2D eigenvalue weighted by atomic mass is 28.3. The highest BCUT2D eigenvalue weighted by molar-refractivity contribution is 7.20. The van der Waals surface area contributed by atoms with Crippen molar-refractivity contribution in [2.24, 2.45) is 0 Å². The van der Waals surface area contributed by atoms with E-state index in [0.717, 1.165) is 45.0 Å². The van der Waals surface area contributed by atoms with Gasteiger partial charge in [0.2, 0.25) is 5.78 Å². The molecular formula is C48H43N3OSi3. The fraction of sp³-hybridized carbons (Fsp3) is 0.104. The van der Waals surface area contributed by atoms with Gasteiger partial charge in [-0.25, -0.2) is 4.98 Å². The summed E-state index contributed by atoms with van der Waals surface area (Å²) in [5.74, 6) is 3.01. The number of imidazole rings is 2. The maximum Gasteiger partial charge on any atom is 0.220 e. The molecule has 0 saturated heterocycles. The molecule has 7 aromatic carbocycles. The van der Waals surface area contributed by atoms with E-state index in [1.165, 1.54) is 31.9 Å². The SMILES string of the molecule is C[SiH](C)C1([SiH](C)C)c2ccccc2Oc2c1cccc2[Si](c1ccccc1)(c1ccccc1)c1cccc(-n2c3ccccc3n3c4ccccc4nc23)c1. The van der Waals surface area contributed by atoms with Crippen molar-refractivity contribution in [3.05, 3.63) is 187 Å². The minimum absolute atomic E-state index is 0.0356. The number of hydrogen-bond acceptors (Lipinski definition) is 2. The smallest absolute Gasteiger partial charge is 0.220 e. The third-order valence-corrected chi connectivity index (χ3v) is 26.0. The molecule has 10 rings (SSSR count). The van der Waals surface area contributed by atoms with Crippen LogP contribution >= 0.6 is 0 Å². The van der Waals surface area contributed by atoms with Crippen molar-refractivity contribution >= 4 is 74.3 Å². The molecule has 3 heterocycles. The van der Waals surface area contributed by atoms with Gasteiger partial charge in [-0.15, -0.1) is 0 Å². The Kier molecular flexibility index (Phi) is 7.95. The van der Waals surface area contributed by atoms with Crippen LogP contribution in [-0.4, -0.2) is 39.6 Å². The zero-order valence-corrected chi connectivity index (χ0v) is 35.0. The van der Waals surface area contributed by atoms with Gasteiger partial charge in [0.15, 0.2) is 8.07 Å². The first-order chi connectivity index (χ1) is 27.0. The van der Waals surface area contributed by atoms with Gasteiger partial charge in [-0.05, 0) is 74.3 Å². The fourth-order valence-electron chi connectivity index (χ4n) is 10.2. The van der Waals surface area contributed by atoms with Gasteiger partial charge in [0.25, 0.3) is 0 Å². The van der Waals surface area contributed by atoms with Crippen molar-refractivity contribution in [2.45, 2.75) is 30.8 Å². The molecule has 2 aromatic heterocycles. The normalized spacial score (nSPS) is 13.7. The van der Waals surface area contributed by atoms with Crippen LogP contribution in [0.2, 0.25) is 26.2 Å². The molecule has 1 aliphatic heterocycles. The summed E-state index contributed by atoms with van der Waals surface area (Å²) in [5.41, 5.74) is 8.26. The standard InChI is InChI=1S/C48H43N3OSi3/c1-53(2)48(54(3)4)38-25-11-16-31-44(38)52-46-39(48)26-18-32-45(46)55(35-20-7-5-8-21-35,36-22-9-6-10-23-36)37-24-17-19-34(33-37)50-42-29-14-15-30-43(42)51-41-28-13-12-27-40(41)49-47(50)51/h5-33,53-54H,1-4H3. The summed E-state index contributed by atoms with van der Waals surface area (Å²) in [6, 6.07) is 65.1.